The highest BCUT2D eigenvalue weighted by molar-refractivity contribution is 9.13. The van der Waals surface area contributed by atoms with E-state index in [2.05, 4.69) is 31.9 Å². The van der Waals surface area contributed by atoms with Gasteiger partial charge in [-0.25, -0.2) is 31.8 Å². The smallest absolute Gasteiger partial charge is 0.258 e. The Bertz CT molecular complexity index is 2220. The van der Waals surface area contributed by atoms with Gasteiger partial charge in [-0.1, -0.05) is 29.3 Å². The fourth-order valence-corrected chi connectivity index (χ4v) is 9.92. The number of halogens is 10. The van der Waals surface area contributed by atoms with Crippen molar-refractivity contribution in [2.75, 3.05) is 16.9 Å². The molecule has 0 unspecified atom stereocenters. The second-order valence-electron chi connectivity index (χ2n) is 12.8. The van der Waals surface area contributed by atoms with Crippen molar-refractivity contribution in [2.24, 2.45) is 17.8 Å². The Morgan fingerprint density at radius 1 is 0.865 bits per heavy atom. The molecule has 0 aromatic heterocycles. The molecule has 52 heavy (non-hydrogen) atoms. The Morgan fingerprint density at radius 3 is 2.08 bits per heavy atom. The standard InChI is InChI=1S/C34H20Br2Cl3F5N2O6/c1-10-3-4-11(7-16(10)37)45-29(48)13-6-5-12-15(18(13)30(45)49)9-33(38)31(50)46(27-25(43)23(41)22(40)24(42)26(27)44)32(51)34(33,39)19(12)14-8-17(52-2)28(47)21(36)20(14)35/h3-5,7-8,13,15,18-19,47H,6,9H2,1-2H3/t13-,15+,18-,19+,33+,34-/m0/s1. The summed E-state index contributed by atoms with van der Waals surface area (Å²) in [5.74, 6) is -22.6. The normalized spacial score (nSPS) is 28.3. The Labute approximate surface area is 322 Å². The number of hydrogen-bond donors (Lipinski definition) is 1. The van der Waals surface area contributed by atoms with E-state index < -0.39 is 104 Å². The number of imide groups is 2. The zero-order chi connectivity index (χ0) is 38.1. The summed E-state index contributed by atoms with van der Waals surface area (Å²) in [6, 6.07) is 5.82. The van der Waals surface area contributed by atoms with Crippen molar-refractivity contribution in [1.29, 1.82) is 0 Å². The van der Waals surface area contributed by atoms with Gasteiger partial charge in [-0.15, -0.1) is 23.2 Å². The van der Waals surface area contributed by atoms with Gasteiger partial charge in [0.2, 0.25) is 17.6 Å². The molecular formula is C34H20Br2Cl3F5N2O6. The number of carbonyl (C=O) groups excluding carboxylic acids is 4. The number of benzene rings is 3. The van der Waals surface area contributed by atoms with Crippen molar-refractivity contribution < 1.29 is 51.0 Å². The lowest BCUT2D eigenvalue weighted by Gasteiger charge is -2.51. The summed E-state index contributed by atoms with van der Waals surface area (Å²) >= 11 is 27.3. The van der Waals surface area contributed by atoms with E-state index in [4.69, 9.17) is 39.5 Å². The summed E-state index contributed by atoms with van der Waals surface area (Å²) in [4.78, 5) is 52.3. The van der Waals surface area contributed by atoms with E-state index in [0.717, 1.165) is 4.90 Å². The maximum Gasteiger partial charge on any atom is 0.258 e. The van der Waals surface area contributed by atoms with Crippen LogP contribution in [0.4, 0.5) is 33.3 Å². The first kappa shape index (κ1) is 37.1. The van der Waals surface area contributed by atoms with E-state index in [1.54, 1.807) is 19.1 Å². The van der Waals surface area contributed by atoms with Gasteiger partial charge < -0.3 is 9.84 Å². The third-order valence-electron chi connectivity index (χ3n) is 10.3. The van der Waals surface area contributed by atoms with Gasteiger partial charge in [-0.2, -0.15) is 0 Å². The molecule has 1 N–H and O–H groups in total. The minimum absolute atomic E-state index is 0.00954. The van der Waals surface area contributed by atoms with Crippen LogP contribution in [-0.4, -0.2) is 45.6 Å². The van der Waals surface area contributed by atoms with Crippen molar-refractivity contribution in [3.8, 4) is 11.5 Å². The summed E-state index contributed by atoms with van der Waals surface area (Å²) in [6.07, 6.45) is 0.785. The molecule has 3 aromatic carbocycles. The summed E-state index contributed by atoms with van der Waals surface area (Å²) < 4.78 is 79.1. The minimum Gasteiger partial charge on any atom is -0.503 e. The lowest BCUT2D eigenvalue weighted by Crippen LogP contribution is -2.60. The van der Waals surface area contributed by atoms with Crippen LogP contribution in [0.3, 0.4) is 0 Å². The molecule has 0 bridgehead atoms. The van der Waals surface area contributed by atoms with Crippen LogP contribution in [0.2, 0.25) is 5.02 Å². The molecule has 3 aromatic rings. The van der Waals surface area contributed by atoms with Crippen LogP contribution < -0.4 is 14.5 Å². The molecule has 18 heteroatoms. The summed E-state index contributed by atoms with van der Waals surface area (Å²) in [5.41, 5.74) is -0.839. The number of phenolic OH excluding ortho intramolecular Hbond substituents is 1. The topological polar surface area (TPSA) is 104 Å². The number of carbonyl (C=O) groups is 4. The predicted molar refractivity (Wildman–Crippen MR) is 185 cm³/mol. The zero-order valence-corrected chi connectivity index (χ0v) is 31.7. The van der Waals surface area contributed by atoms with Gasteiger partial charge >= 0.3 is 0 Å². The van der Waals surface area contributed by atoms with Gasteiger partial charge in [0, 0.05) is 15.4 Å². The number of allylic oxidation sites excluding steroid dienone is 2. The fraction of sp³-hybridized carbons (Fsp3) is 0.294. The number of nitrogens with zero attached hydrogens (tertiary/aromatic N) is 2. The molecule has 2 heterocycles. The lowest BCUT2D eigenvalue weighted by molar-refractivity contribution is -0.125. The van der Waals surface area contributed by atoms with Crippen LogP contribution in [-0.2, 0) is 19.2 Å². The first-order chi connectivity index (χ1) is 24.3. The van der Waals surface area contributed by atoms with E-state index in [1.807, 2.05) is 0 Å². The van der Waals surface area contributed by atoms with Crippen LogP contribution in [0.25, 0.3) is 0 Å². The van der Waals surface area contributed by atoms with Crippen LogP contribution in [0.1, 0.15) is 29.9 Å². The monoisotopic (exact) mass is 910 g/mol. The van der Waals surface area contributed by atoms with Gasteiger partial charge in [0.25, 0.3) is 11.8 Å². The Kier molecular flexibility index (Phi) is 8.85. The van der Waals surface area contributed by atoms with Gasteiger partial charge in [0.1, 0.15) is 5.69 Å². The number of fused-ring (bicyclic) bond motifs is 4. The first-order valence-corrected chi connectivity index (χ1v) is 17.9. The number of methoxy groups -OCH3 is 1. The second-order valence-corrected chi connectivity index (χ2v) is 16.0. The van der Waals surface area contributed by atoms with E-state index in [0.29, 0.717) is 5.56 Å². The summed E-state index contributed by atoms with van der Waals surface area (Å²) in [5, 5.41) is 11.0. The number of aromatic hydroxyl groups is 1. The molecule has 1 saturated carbocycles. The van der Waals surface area contributed by atoms with Gasteiger partial charge in [-0.3, -0.25) is 19.2 Å². The average molecular weight is 914 g/mol. The van der Waals surface area contributed by atoms with Crippen LogP contribution in [0.15, 0.2) is 44.9 Å². The Morgan fingerprint density at radius 2 is 1.48 bits per heavy atom. The average Bonchev–Trinajstić information content (AvgIpc) is 3.45. The third-order valence-corrected chi connectivity index (χ3v) is 14.3. The molecule has 2 aliphatic carbocycles. The SMILES string of the molecule is COc1cc([C@H]2C3=CC[C@@H]4C(=O)N(c5ccc(C)c(Cl)c5)C(=O)[C@@H]4[C@@H]3C[C@@]3(Cl)C(=O)N(c4c(F)c(F)c(F)c(F)c4F)C(=O)[C@@]23Cl)c(Br)c(Br)c1O. The Hall–Kier alpha value is -3.24. The molecule has 2 saturated heterocycles. The van der Waals surface area contributed by atoms with Crippen molar-refractivity contribution in [2.45, 2.75) is 35.4 Å². The number of anilines is 2. The maximum absolute atomic E-state index is 15.3. The highest BCUT2D eigenvalue weighted by Crippen LogP contribution is 2.67. The molecular weight excluding hydrogens is 894 g/mol. The fourth-order valence-electron chi connectivity index (χ4n) is 7.87. The minimum atomic E-state index is -2.78. The lowest BCUT2D eigenvalue weighted by atomic mass is 9.56. The number of alkyl halides is 2. The molecule has 3 fully saturated rings. The number of amides is 4. The maximum atomic E-state index is 15.3. The van der Waals surface area contributed by atoms with E-state index in [9.17, 15) is 37.5 Å². The predicted octanol–water partition coefficient (Wildman–Crippen LogP) is 8.35. The highest BCUT2D eigenvalue weighted by atomic mass is 79.9. The van der Waals surface area contributed by atoms with Crippen molar-refractivity contribution in [3.05, 3.63) is 90.1 Å². The van der Waals surface area contributed by atoms with Gasteiger partial charge in [-0.05, 0) is 86.9 Å². The van der Waals surface area contributed by atoms with E-state index in [-0.39, 0.29) is 47.9 Å². The largest absolute Gasteiger partial charge is 0.503 e. The molecule has 8 nitrogen and oxygen atoms in total. The van der Waals surface area contributed by atoms with Crippen molar-refractivity contribution in [1.82, 2.24) is 0 Å². The van der Waals surface area contributed by atoms with Crippen LogP contribution >= 0.6 is 66.7 Å². The number of rotatable bonds is 4. The van der Waals surface area contributed by atoms with Gasteiger partial charge in [0.15, 0.2) is 44.5 Å². The Balaban J connectivity index is 1.47. The molecule has 0 radical (unpaired) electrons. The summed E-state index contributed by atoms with van der Waals surface area (Å²) in [7, 11) is 1.21. The van der Waals surface area contributed by atoms with E-state index >= 15 is 8.78 Å². The number of ether oxygens (including phenoxy) is 1. The second kappa shape index (κ2) is 12.4. The molecule has 7 rings (SSSR count). The molecule has 4 aliphatic rings. The van der Waals surface area contributed by atoms with E-state index in [1.165, 1.54) is 25.3 Å². The van der Waals surface area contributed by atoms with Crippen LogP contribution in [0.5, 0.6) is 11.5 Å². The molecule has 4 amide bonds. The summed E-state index contributed by atoms with van der Waals surface area (Å²) in [6.45, 7) is 1.72. The molecule has 272 valence electrons. The van der Waals surface area contributed by atoms with Gasteiger partial charge in [0.05, 0.1) is 29.1 Å². The number of phenols is 1. The quantitative estimate of drug-likeness (QED) is 0.0706. The number of aryl methyl sites for hydroxylation is 1. The van der Waals surface area contributed by atoms with Crippen molar-refractivity contribution >= 4 is 102 Å². The van der Waals surface area contributed by atoms with Crippen molar-refractivity contribution in [3.63, 3.8) is 0 Å². The molecule has 2 aliphatic heterocycles. The number of hydrogen-bond acceptors (Lipinski definition) is 6. The third kappa shape index (κ3) is 4.67. The first-order valence-electron chi connectivity index (χ1n) is 15.2. The zero-order valence-electron chi connectivity index (χ0n) is 26.3. The molecule has 0 spiro atoms. The van der Waals surface area contributed by atoms with Crippen LogP contribution in [0, 0.1) is 53.8 Å². The molecule has 6 atom stereocenters. The highest BCUT2D eigenvalue weighted by Gasteiger charge is 2.77.